The summed E-state index contributed by atoms with van der Waals surface area (Å²) in [7, 11) is 0. The van der Waals surface area contributed by atoms with Gasteiger partial charge in [0.25, 0.3) is 0 Å². The van der Waals surface area contributed by atoms with Crippen molar-refractivity contribution in [1.82, 2.24) is 35.6 Å². The summed E-state index contributed by atoms with van der Waals surface area (Å²) >= 11 is 0. The number of esters is 1. The van der Waals surface area contributed by atoms with Gasteiger partial charge in [-0.15, -0.1) is 0 Å². The van der Waals surface area contributed by atoms with E-state index in [9.17, 15) is 33.6 Å². The molecule has 0 spiro atoms. The van der Waals surface area contributed by atoms with E-state index in [1.807, 2.05) is 20.8 Å². The van der Waals surface area contributed by atoms with Crippen molar-refractivity contribution in [3.63, 3.8) is 0 Å². The van der Waals surface area contributed by atoms with Crippen LogP contribution in [0.3, 0.4) is 0 Å². The molecule has 49 heavy (non-hydrogen) atoms. The molecule has 268 valence electrons. The quantitative estimate of drug-likeness (QED) is 0.178. The van der Waals surface area contributed by atoms with Gasteiger partial charge in [0, 0.05) is 31.9 Å². The molecule has 7 amide bonds. The van der Waals surface area contributed by atoms with Crippen LogP contribution >= 0.6 is 0 Å². The maximum atomic E-state index is 14.2. The highest BCUT2D eigenvalue weighted by Gasteiger charge is 2.45. The van der Waals surface area contributed by atoms with Crippen molar-refractivity contribution in [3.05, 3.63) is 24.4 Å². The van der Waals surface area contributed by atoms with E-state index < -0.39 is 60.6 Å². The summed E-state index contributed by atoms with van der Waals surface area (Å²) < 4.78 is 5.70. The molecule has 4 rings (SSSR count). The lowest BCUT2D eigenvalue weighted by atomic mass is 9.99. The third kappa shape index (κ3) is 9.66. The molecular formula is C33H48N8O8. The minimum absolute atomic E-state index is 0.0658. The number of nitrogens with one attached hydrogen (secondary N) is 4. The number of ether oxygens (including phenoxy) is 1. The van der Waals surface area contributed by atoms with Crippen LogP contribution in [-0.4, -0.2) is 124 Å². The fourth-order valence-electron chi connectivity index (χ4n) is 6.62. The van der Waals surface area contributed by atoms with E-state index >= 15 is 0 Å². The second-order valence-electron chi connectivity index (χ2n) is 13.3. The maximum Gasteiger partial charge on any atom is 0.329 e. The zero-order valence-corrected chi connectivity index (χ0v) is 28.6. The number of hydrogen-bond acceptors (Lipinski definition) is 9. The first-order valence-electron chi connectivity index (χ1n) is 17.0. The van der Waals surface area contributed by atoms with Crippen molar-refractivity contribution in [2.75, 3.05) is 31.5 Å². The normalized spacial score (nSPS) is 23.3. The largest absolute Gasteiger partial charge is 0.458 e. The Balaban J connectivity index is 1.50. The van der Waals surface area contributed by atoms with Crippen LogP contribution in [0.1, 0.15) is 66.2 Å². The molecule has 16 heteroatoms. The van der Waals surface area contributed by atoms with Crippen LogP contribution in [0.25, 0.3) is 0 Å². The Labute approximate surface area is 286 Å². The first-order valence-corrected chi connectivity index (χ1v) is 17.0. The molecular weight excluding hydrogens is 636 g/mol. The molecule has 16 nitrogen and oxygen atoms in total. The summed E-state index contributed by atoms with van der Waals surface area (Å²) in [5, 5.41) is 10.4. The zero-order valence-electron chi connectivity index (χ0n) is 28.6. The van der Waals surface area contributed by atoms with E-state index in [1.54, 1.807) is 23.1 Å². The number of anilines is 1. The third-order valence-electron chi connectivity index (χ3n) is 8.97. The van der Waals surface area contributed by atoms with Crippen molar-refractivity contribution in [3.8, 4) is 0 Å². The second kappa shape index (κ2) is 17.1. The second-order valence-corrected chi connectivity index (χ2v) is 13.3. The number of carbonyl (C=O) groups excluding carboxylic acids is 7. The molecule has 0 saturated carbocycles. The first kappa shape index (κ1) is 37.1. The lowest BCUT2D eigenvalue weighted by Crippen LogP contribution is -2.61. The Bertz CT molecular complexity index is 1380. The number of aromatic nitrogens is 1. The maximum absolute atomic E-state index is 14.2. The third-order valence-corrected chi connectivity index (χ3v) is 8.97. The Hall–Kier alpha value is -4.76. The summed E-state index contributed by atoms with van der Waals surface area (Å²) in [6.45, 7) is 7.50. The lowest BCUT2D eigenvalue weighted by Gasteiger charge is -2.39. The van der Waals surface area contributed by atoms with E-state index in [0.29, 0.717) is 45.2 Å². The van der Waals surface area contributed by atoms with E-state index in [-0.39, 0.29) is 36.1 Å². The van der Waals surface area contributed by atoms with E-state index in [1.165, 1.54) is 22.9 Å². The Morgan fingerprint density at radius 3 is 2.39 bits per heavy atom. The molecule has 0 aromatic carbocycles. The number of piperidine rings is 1. The first-order chi connectivity index (χ1) is 23.4. The molecule has 1 aromatic heterocycles. The molecule has 6 atom stereocenters. The highest BCUT2D eigenvalue weighted by Crippen LogP contribution is 2.27. The number of amides is 7. The minimum Gasteiger partial charge on any atom is -0.458 e. The van der Waals surface area contributed by atoms with Gasteiger partial charge in [0.1, 0.15) is 36.1 Å². The number of likely N-dealkylation sites (tertiary alicyclic amines) is 3. The van der Waals surface area contributed by atoms with Gasteiger partial charge in [0.2, 0.25) is 30.0 Å². The van der Waals surface area contributed by atoms with Gasteiger partial charge in [-0.05, 0) is 77.3 Å². The monoisotopic (exact) mass is 684 g/mol. The number of rotatable bonds is 12. The van der Waals surface area contributed by atoms with Crippen molar-refractivity contribution < 1.29 is 38.3 Å². The van der Waals surface area contributed by atoms with E-state index in [4.69, 9.17) is 4.74 Å². The fourth-order valence-corrected chi connectivity index (χ4v) is 6.62. The summed E-state index contributed by atoms with van der Waals surface area (Å²) in [5.74, 6) is -2.36. The standard InChI is InChI=1S/C33H48N8O8/c1-20(2)36-29(44)23-10-6-8-14-40(23)30(45)24-11-9-15-41(24)31(46)28(22(4)49-32(47)25-16-21(3)18-39(25)19-42)38-27(43)17-35-33(48)37-26-12-5-7-13-34-26/h5,7,12-13,19-25,28H,6,8-11,14-18H2,1-4H3,(H,36,44)(H,38,43)(H2,34,35,37,48)/t21-,22?,23?,24?,25?,28+/m1/s1. The van der Waals surface area contributed by atoms with Crippen LogP contribution in [0.5, 0.6) is 0 Å². The molecule has 1 aromatic rings. The Morgan fingerprint density at radius 1 is 0.959 bits per heavy atom. The minimum atomic E-state index is -1.42. The molecule has 0 aliphatic carbocycles. The molecule has 0 radical (unpaired) electrons. The van der Waals surface area contributed by atoms with Crippen LogP contribution < -0.4 is 21.3 Å². The summed E-state index contributed by atoms with van der Waals surface area (Å²) in [5.41, 5.74) is 0. The SMILES string of the molecule is CC(C)NC(=O)C1CCCCN1C(=O)C1CCCN1C(=O)[C@@H](NC(=O)CNC(=O)Nc1ccccn1)C(C)OC(=O)C1C[C@@H](C)CN1C=O. The van der Waals surface area contributed by atoms with E-state index in [0.717, 1.165) is 12.8 Å². The van der Waals surface area contributed by atoms with Gasteiger partial charge in [-0.2, -0.15) is 0 Å². The predicted molar refractivity (Wildman–Crippen MR) is 176 cm³/mol. The van der Waals surface area contributed by atoms with Crippen molar-refractivity contribution in [1.29, 1.82) is 0 Å². The number of urea groups is 1. The molecule has 3 aliphatic rings. The van der Waals surface area contributed by atoms with Crippen molar-refractivity contribution in [2.45, 2.75) is 103 Å². The molecule has 3 aliphatic heterocycles. The average Bonchev–Trinajstić information content (AvgIpc) is 3.72. The molecule has 3 saturated heterocycles. The van der Waals surface area contributed by atoms with Crippen molar-refractivity contribution in [2.24, 2.45) is 5.92 Å². The van der Waals surface area contributed by atoms with Gasteiger partial charge in [0.05, 0.1) is 6.54 Å². The van der Waals surface area contributed by atoms with Crippen LogP contribution in [0, 0.1) is 5.92 Å². The van der Waals surface area contributed by atoms with Gasteiger partial charge in [-0.25, -0.2) is 14.6 Å². The number of hydrogen-bond donors (Lipinski definition) is 4. The molecule has 0 bridgehead atoms. The topological polar surface area (TPSA) is 199 Å². The highest BCUT2D eigenvalue weighted by atomic mass is 16.5. The molecule has 3 fully saturated rings. The predicted octanol–water partition coefficient (Wildman–Crippen LogP) is 0.383. The van der Waals surface area contributed by atoms with Gasteiger partial charge in [0.15, 0.2) is 0 Å². The molecule has 4 N–H and O–H groups in total. The number of nitrogens with zero attached hydrogens (tertiary/aromatic N) is 4. The lowest BCUT2D eigenvalue weighted by molar-refractivity contribution is -0.161. The van der Waals surface area contributed by atoms with Gasteiger partial charge >= 0.3 is 12.0 Å². The van der Waals surface area contributed by atoms with Crippen LogP contribution in [-0.2, 0) is 33.5 Å². The van der Waals surface area contributed by atoms with Crippen LogP contribution in [0.4, 0.5) is 10.6 Å². The summed E-state index contributed by atoms with van der Waals surface area (Å²) in [4.78, 5) is 99.8. The smallest absolute Gasteiger partial charge is 0.329 e. The summed E-state index contributed by atoms with van der Waals surface area (Å²) in [6.07, 6.45) is 4.15. The highest BCUT2D eigenvalue weighted by molar-refractivity contribution is 5.96. The Morgan fingerprint density at radius 2 is 1.69 bits per heavy atom. The molecule has 4 unspecified atom stereocenters. The van der Waals surface area contributed by atoms with Gasteiger partial charge < -0.3 is 35.4 Å². The fraction of sp³-hybridized carbons (Fsp3) is 0.636. The van der Waals surface area contributed by atoms with Gasteiger partial charge in [-0.1, -0.05) is 13.0 Å². The molecule has 4 heterocycles. The van der Waals surface area contributed by atoms with Crippen molar-refractivity contribution >= 4 is 47.9 Å². The number of pyridine rings is 1. The zero-order chi connectivity index (χ0) is 35.7. The van der Waals surface area contributed by atoms with Gasteiger partial charge in [-0.3, -0.25) is 29.3 Å². The summed E-state index contributed by atoms with van der Waals surface area (Å²) in [6, 6.07) is 0.310. The van der Waals surface area contributed by atoms with E-state index in [2.05, 4.69) is 26.3 Å². The Kier molecular flexibility index (Phi) is 12.9. The van der Waals surface area contributed by atoms with Crippen LogP contribution in [0.15, 0.2) is 24.4 Å². The van der Waals surface area contributed by atoms with Crippen LogP contribution in [0.2, 0.25) is 0 Å². The number of carbonyl (C=O) groups is 7. The average molecular weight is 685 g/mol.